The van der Waals surface area contributed by atoms with Gasteiger partial charge < -0.3 is 10.6 Å². The molecule has 2 aromatic heterocycles. The molecule has 2 aromatic rings. The quantitative estimate of drug-likeness (QED) is 0.843. The standard InChI is InChI=1S/C15H22N4S/c1-4-15(6-7-15)9-17-12-11-8-10(3)20-13(11)19-14(18-12)16-5-2/h8H,4-7,9H2,1-3H3,(H2,16,17,18,19). The molecule has 0 amide bonds. The SMILES string of the molecule is CCNc1nc(NCC2(CC)CC2)c2cc(C)sc2n1. The van der Waals surface area contributed by atoms with Crippen molar-refractivity contribution in [3.05, 3.63) is 10.9 Å². The van der Waals surface area contributed by atoms with Crippen LogP contribution in [0.15, 0.2) is 6.07 Å². The van der Waals surface area contributed by atoms with E-state index in [0.29, 0.717) is 5.41 Å². The van der Waals surface area contributed by atoms with Crippen molar-refractivity contribution in [2.75, 3.05) is 23.7 Å². The van der Waals surface area contributed by atoms with Crippen LogP contribution in [0.3, 0.4) is 0 Å². The molecular weight excluding hydrogens is 268 g/mol. The molecule has 0 spiro atoms. The maximum absolute atomic E-state index is 4.64. The van der Waals surface area contributed by atoms with Crippen LogP contribution in [-0.4, -0.2) is 23.1 Å². The van der Waals surface area contributed by atoms with E-state index in [4.69, 9.17) is 0 Å². The third-order valence-corrected chi connectivity index (χ3v) is 5.13. The lowest BCUT2D eigenvalue weighted by atomic mass is 10.0. The Bertz CT molecular complexity index is 616. The fourth-order valence-corrected chi connectivity index (χ4v) is 3.40. The van der Waals surface area contributed by atoms with E-state index >= 15 is 0 Å². The van der Waals surface area contributed by atoms with Crippen LogP contribution in [0.5, 0.6) is 0 Å². The summed E-state index contributed by atoms with van der Waals surface area (Å²) in [5.41, 5.74) is 0.515. The lowest BCUT2D eigenvalue weighted by Crippen LogP contribution is -2.16. The highest BCUT2D eigenvalue weighted by Crippen LogP contribution is 2.48. The van der Waals surface area contributed by atoms with Gasteiger partial charge in [-0.05, 0) is 44.6 Å². The van der Waals surface area contributed by atoms with Crippen molar-refractivity contribution in [3.8, 4) is 0 Å². The number of thiophene rings is 1. The second kappa shape index (κ2) is 5.20. The van der Waals surface area contributed by atoms with Gasteiger partial charge in [-0.1, -0.05) is 6.92 Å². The molecule has 2 N–H and O–H groups in total. The molecule has 20 heavy (non-hydrogen) atoms. The van der Waals surface area contributed by atoms with Crippen molar-refractivity contribution in [1.29, 1.82) is 0 Å². The monoisotopic (exact) mass is 290 g/mol. The van der Waals surface area contributed by atoms with Gasteiger partial charge in [0.25, 0.3) is 0 Å². The molecule has 1 aliphatic rings. The van der Waals surface area contributed by atoms with E-state index in [0.717, 1.165) is 35.1 Å². The molecule has 108 valence electrons. The topological polar surface area (TPSA) is 49.8 Å². The van der Waals surface area contributed by atoms with E-state index < -0.39 is 0 Å². The Morgan fingerprint density at radius 1 is 1.25 bits per heavy atom. The summed E-state index contributed by atoms with van der Waals surface area (Å²) in [7, 11) is 0. The summed E-state index contributed by atoms with van der Waals surface area (Å²) in [5, 5.41) is 7.94. The molecule has 0 radical (unpaired) electrons. The van der Waals surface area contributed by atoms with Gasteiger partial charge in [-0.25, -0.2) is 4.98 Å². The van der Waals surface area contributed by atoms with Gasteiger partial charge in [0.05, 0.1) is 5.39 Å². The maximum atomic E-state index is 4.64. The molecule has 4 nitrogen and oxygen atoms in total. The van der Waals surface area contributed by atoms with Gasteiger partial charge in [0.2, 0.25) is 5.95 Å². The number of anilines is 2. The fraction of sp³-hybridized carbons (Fsp3) is 0.600. The van der Waals surface area contributed by atoms with Gasteiger partial charge in [0.1, 0.15) is 10.6 Å². The molecule has 0 saturated heterocycles. The third-order valence-electron chi connectivity index (χ3n) is 4.19. The lowest BCUT2D eigenvalue weighted by Gasteiger charge is -2.15. The molecule has 0 unspecified atom stereocenters. The number of fused-ring (bicyclic) bond motifs is 1. The predicted octanol–water partition coefficient (Wildman–Crippen LogP) is 4.03. The van der Waals surface area contributed by atoms with Crippen molar-refractivity contribution < 1.29 is 0 Å². The Morgan fingerprint density at radius 2 is 2.05 bits per heavy atom. The average molecular weight is 290 g/mol. The molecule has 0 aromatic carbocycles. The van der Waals surface area contributed by atoms with E-state index in [9.17, 15) is 0 Å². The highest BCUT2D eigenvalue weighted by molar-refractivity contribution is 7.18. The van der Waals surface area contributed by atoms with E-state index in [2.05, 4.69) is 47.4 Å². The maximum Gasteiger partial charge on any atom is 0.226 e. The molecule has 1 aliphatic carbocycles. The summed E-state index contributed by atoms with van der Waals surface area (Å²) in [6, 6.07) is 2.18. The second-order valence-electron chi connectivity index (χ2n) is 5.71. The zero-order valence-corrected chi connectivity index (χ0v) is 13.2. The smallest absolute Gasteiger partial charge is 0.226 e. The van der Waals surface area contributed by atoms with Crippen LogP contribution in [0.4, 0.5) is 11.8 Å². The average Bonchev–Trinajstić information content (AvgIpc) is 3.11. The van der Waals surface area contributed by atoms with Crippen LogP contribution in [0.1, 0.15) is 38.0 Å². The van der Waals surface area contributed by atoms with E-state index in [-0.39, 0.29) is 0 Å². The number of aromatic nitrogens is 2. The van der Waals surface area contributed by atoms with Gasteiger partial charge >= 0.3 is 0 Å². The van der Waals surface area contributed by atoms with E-state index in [1.54, 1.807) is 11.3 Å². The van der Waals surface area contributed by atoms with Gasteiger partial charge in [-0.15, -0.1) is 11.3 Å². The van der Waals surface area contributed by atoms with Gasteiger partial charge in [0.15, 0.2) is 0 Å². The molecule has 5 heteroatoms. The first-order valence-corrected chi connectivity index (χ1v) is 8.23. The summed E-state index contributed by atoms with van der Waals surface area (Å²) in [6.45, 7) is 8.33. The zero-order chi connectivity index (χ0) is 14.2. The number of hydrogen-bond acceptors (Lipinski definition) is 5. The predicted molar refractivity (Wildman–Crippen MR) is 86.8 cm³/mol. The molecule has 1 fully saturated rings. The first-order chi connectivity index (χ1) is 9.65. The first-order valence-electron chi connectivity index (χ1n) is 7.42. The van der Waals surface area contributed by atoms with Gasteiger partial charge in [-0.2, -0.15) is 4.98 Å². The van der Waals surface area contributed by atoms with Crippen molar-refractivity contribution in [2.24, 2.45) is 5.41 Å². The number of nitrogens with zero attached hydrogens (tertiary/aromatic N) is 2. The minimum absolute atomic E-state index is 0.515. The van der Waals surface area contributed by atoms with Crippen LogP contribution in [0.25, 0.3) is 10.2 Å². The fourth-order valence-electron chi connectivity index (χ4n) is 2.52. The molecular formula is C15H22N4S. The molecule has 2 heterocycles. The Balaban J connectivity index is 1.90. The van der Waals surface area contributed by atoms with Crippen LogP contribution < -0.4 is 10.6 Å². The minimum atomic E-state index is 0.515. The molecule has 1 saturated carbocycles. The van der Waals surface area contributed by atoms with Crippen LogP contribution in [-0.2, 0) is 0 Å². The summed E-state index contributed by atoms with van der Waals surface area (Å²) < 4.78 is 0. The number of hydrogen-bond donors (Lipinski definition) is 2. The van der Waals surface area contributed by atoms with Crippen molar-refractivity contribution >= 4 is 33.3 Å². The Kier molecular flexibility index (Phi) is 3.54. The summed E-state index contributed by atoms with van der Waals surface area (Å²) in [5.74, 6) is 1.71. The largest absolute Gasteiger partial charge is 0.369 e. The molecule has 0 aliphatic heterocycles. The van der Waals surface area contributed by atoms with Crippen LogP contribution >= 0.6 is 11.3 Å². The molecule has 3 rings (SSSR count). The lowest BCUT2D eigenvalue weighted by molar-refractivity contribution is 0.521. The van der Waals surface area contributed by atoms with E-state index in [1.165, 1.54) is 24.1 Å². The first kappa shape index (κ1) is 13.6. The number of nitrogens with one attached hydrogen (secondary N) is 2. The molecule has 0 atom stereocenters. The highest BCUT2D eigenvalue weighted by atomic mass is 32.1. The van der Waals surface area contributed by atoms with Crippen LogP contribution in [0, 0.1) is 12.3 Å². The minimum Gasteiger partial charge on any atom is -0.369 e. The normalized spacial score (nSPS) is 16.4. The Labute approximate surface area is 124 Å². The summed E-state index contributed by atoms with van der Waals surface area (Å²) in [6.07, 6.45) is 3.93. The second-order valence-corrected chi connectivity index (χ2v) is 6.94. The number of aryl methyl sites for hydroxylation is 1. The van der Waals surface area contributed by atoms with Crippen molar-refractivity contribution in [3.63, 3.8) is 0 Å². The summed E-state index contributed by atoms with van der Waals surface area (Å²) >= 11 is 1.73. The third kappa shape index (κ3) is 2.59. The highest BCUT2D eigenvalue weighted by Gasteiger charge is 2.40. The Morgan fingerprint density at radius 3 is 2.70 bits per heavy atom. The van der Waals surface area contributed by atoms with Crippen molar-refractivity contribution in [2.45, 2.75) is 40.0 Å². The zero-order valence-electron chi connectivity index (χ0n) is 12.4. The van der Waals surface area contributed by atoms with Crippen molar-refractivity contribution in [1.82, 2.24) is 9.97 Å². The van der Waals surface area contributed by atoms with Gasteiger partial charge in [0, 0.05) is 18.0 Å². The Hall–Kier alpha value is -1.36. The number of rotatable bonds is 6. The molecule has 0 bridgehead atoms. The van der Waals surface area contributed by atoms with E-state index in [1.807, 2.05) is 0 Å². The van der Waals surface area contributed by atoms with Gasteiger partial charge in [-0.3, -0.25) is 0 Å². The van der Waals surface area contributed by atoms with Crippen LogP contribution in [0.2, 0.25) is 0 Å². The summed E-state index contributed by atoms with van der Waals surface area (Å²) in [4.78, 5) is 11.6.